The van der Waals surface area contributed by atoms with Gasteiger partial charge in [-0.25, -0.2) is 0 Å². The zero-order chi connectivity index (χ0) is 16.4. The first-order valence-corrected chi connectivity index (χ1v) is 8.94. The smallest absolute Gasteiger partial charge is 0.138 e. The van der Waals surface area contributed by atoms with Crippen LogP contribution in [0.25, 0.3) is 0 Å². The molecule has 0 aromatic rings. The zero-order valence-electron chi connectivity index (χ0n) is 15.0. The van der Waals surface area contributed by atoms with Crippen LogP contribution in [0.2, 0.25) is 0 Å². The van der Waals surface area contributed by atoms with Crippen LogP contribution in [-0.2, 0) is 9.53 Å². The van der Waals surface area contributed by atoms with Crippen LogP contribution in [0, 0.1) is 22.7 Å². The molecule has 3 fully saturated rings. The molecule has 0 aromatic heterocycles. The Bertz CT molecular complexity index is 508. The molecule has 124 valence electrons. The summed E-state index contributed by atoms with van der Waals surface area (Å²) in [4.78, 5) is 12.5. The summed E-state index contributed by atoms with van der Waals surface area (Å²) in [5.74, 6) is 1.52. The lowest BCUT2D eigenvalue weighted by atomic mass is 9.44. The van der Waals surface area contributed by atoms with Crippen LogP contribution in [0.1, 0.15) is 73.1 Å². The second kappa shape index (κ2) is 4.69. The normalized spacial score (nSPS) is 50.9. The lowest BCUT2D eigenvalue weighted by Crippen LogP contribution is -2.63. The standard InChI is InChI=1S/C20H32O2/c1-7-18(4)11-8-15-19(5)12-10-16(21)17(2,3)14(19)9-13-20(15,6)22-18/h7,14-15H,1,8-13H2,2-6H3/t14-,15+,18-,19+,20-/m0/s1. The van der Waals surface area contributed by atoms with E-state index in [1.54, 1.807) is 0 Å². The van der Waals surface area contributed by atoms with E-state index in [4.69, 9.17) is 4.74 Å². The SMILES string of the molecule is C=C[C@@]1(C)CC[C@@H]2[C@]3(C)CCC(=O)C(C)(C)[C@@H]3CC[C@]2(C)O1. The number of hydrogen-bond donors (Lipinski definition) is 0. The Morgan fingerprint density at radius 3 is 2.32 bits per heavy atom. The second-order valence-corrected chi connectivity index (χ2v) is 9.26. The lowest BCUT2D eigenvalue weighted by Gasteiger charge is -2.64. The van der Waals surface area contributed by atoms with Crippen LogP contribution in [-0.4, -0.2) is 17.0 Å². The molecular formula is C20H32O2. The average molecular weight is 304 g/mol. The van der Waals surface area contributed by atoms with Crippen molar-refractivity contribution in [1.29, 1.82) is 0 Å². The van der Waals surface area contributed by atoms with Gasteiger partial charge < -0.3 is 4.74 Å². The van der Waals surface area contributed by atoms with E-state index >= 15 is 0 Å². The van der Waals surface area contributed by atoms with Crippen LogP contribution < -0.4 is 0 Å². The molecular weight excluding hydrogens is 272 g/mol. The van der Waals surface area contributed by atoms with Crippen molar-refractivity contribution in [3.63, 3.8) is 0 Å². The third-order valence-corrected chi connectivity index (χ3v) is 7.57. The van der Waals surface area contributed by atoms with Gasteiger partial charge in [-0.05, 0) is 63.2 Å². The summed E-state index contributed by atoms with van der Waals surface area (Å²) in [5.41, 5.74) is -0.197. The summed E-state index contributed by atoms with van der Waals surface area (Å²) in [6.45, 7) is 15.3. The number of hydrogen-bond acceptors (Lipinski definition) is 2. The topological polar surface area (TPSA) is 26.3 Å². The van der Waals surface area contributed by atoms with Gasteiger partial charge in [-0.3, -0.25) is 4.79 Å². The molecule has 1 saturated heterocycles. The van der Waals surface area contributed by atoms with Gasteiger partial charge in [0, 0.05) is 11.8 Å². The first-order chi connectivity index (χ1) is 10.1. The summed E-state index contributed by atoms with van der Waals surface area (Å²) in [6, 6.07) is 0. The molecule has 2 aliphatic carbocycles. The maximum absolute atomic E-state index is 12.5. The van der Waals surface area contributed by atoms with Gasteiger partial charge in [0.15, 0.2) is 0 Å². The van der Waals surface area contributed by atoms with E-state index in [2.05, 4.69) is 41.2 Å². The first kappa shape index (κ1) is 16.2. The van der Waals surface area contributed by atoms with Crippen molar-refractivity contribution in [2.24, 2.45) is 22.7 Å². The highest BCUT2D eigenvalue weighted by Crippen LogP contribution is 2.64. The molecule has 0 amide bonds. The highest BCUT2D eigenvalue weighted by molar-refractivity contribution is 5.85. The van der Waals surface area contributed by atoms with E-state index in [1.165, 1.54) is 6.42 Å². The van der Waals surface area contributed by atoms with Crippen molar-refractivity contribution < 1.29 is 9.53 Å². The Morgan fingerprint density at radius 2 is 1.68 bits per heavy atom. The molecule has 2 nitrogen and oxygen atoms in total. The molecule has 0 radical (unpaired) electrons. The Morgan fingerprint density at radius 1 is 1.05 bits per heavy atom. The molecule has 1 aliphatic heterocycles. The molecule has 0 spiro atoms. The molecule has 3 rings (SSSR count). The van der Waals surface area contributed by atoms with Gasteiger partial charge in [0.2, 0.25) is 0 Å². The van der Waals surface area contributed by atoms with Crippen molar-refractivity contribution in [3.05, 3.63) is 12.7 Å². The fraction of sp³-hybridized carbons (Fsp3) is 0.850. The van der Waals surface area contributed by atoms with Gasteiger partial charge in [-0.1, -0.05) is 26.8 Å². The second-order valence-electron chi connectivity index (χ2n) is 9.26. The molecule has 2 heteroatoms. The van der Waals surface area contributed by atoms with Crippen molar-refractivity contribution in [3.8, 4) is 0 Å². The minimum Gasteiger partial charge on any atom is -0.365 e. The number of ether oxygens (including phenoxy) is 1. The van der Waals surface area contributed by atoms with Crippen LogP contribution in [0.4, 0.5) is 0 Å². The predicted octanol–water partition coefficient (Wildman–Crippen LogP) is 4.92. The van der Waals surface area contributed by atoms with E-state index in [9.17, 15) is 4.79 Å². The number of fused-ring (bicyclic) bond motifs is 3. The van der Waals surface area contributed by atoms with Crippen LogP contribution >= 0.6 is 0 Å². The number of ketones is 1. The summed E-state index contributed by atoms with van der Waals surface area (Å²) in [7, 11) is 0. The zero-order valence-corrected chi connectivity index (χ0v) is 15.0. The van der Waals surface area contributed by atoms with Crippen molar-refractivity contribution in [1.82, 2.24) is 0 Å². The fourth-order valence-corrected chi connectivity index (χ4v) is 6.22. The van der Waals surface area contributed by atoms with Gasteiger partial charge in [-0.2, -0.15) is 0 Å². The van der Waals surface area contributed by atoms with Crippen molar-refractivity contribution >= 4 is 5.78 Å². The van der Waals surface area contributed by atoms with Crippen molar-refractivity contribution in [2.45, 2.75) is 84.3 Å². The maximum Gasteiger partial charge on any atom is 0.138 e. The van der Waals surface area contributed by atoms with Gasteiger partial charge >= 0.3 is 0 Å². The Labute approximate surface area is 135 Å². The van der Waals surface area contributed by atoms with E-state index in [0.717, 1.165) is 32.1 Å². The number of carbonyl (C=O) groups excluding carboxylic acids is 1. The van der Waals surface area contributed by atoms with Gasteiger partial charge in [0.1, 0.15) is 5.78 Å². The monoisotopic (exact) mass is 304 g/mol. The van der Waals surface area contributed by atoms with Crippen LogP contribution in [0.3, 0.4) is 0 Å². The molecule has 3 aliphatic rings. The minimum absolute atomic E-state index is 0.0666. The lowest BCUT2D eigenvalue weighted by molar-refractivity contribution is -0.250. The Balaban J connectivity index is 1.97. The highest BCUT2D eigenvalue weighted by Gasteiger charge is 2.62. The van der Waals surface area contributed by atoms with Crippen LogP contribution in [0.15, 0.2) is 12.7 Å². The van der Waals surface area contributed by atoms with E-state index < -0.39 is 0 Å². The average Bonchev–Trinajstić information content (AvgIpc) is 2.42. The summed E-state index contributed by atoms with van der Waals surface area (Å²) < 4.78 is 6.62. The molecule has 2 saturated carbocycles. The Hall–Kier alpha value is -0.630. The number of Topliss-reactive ketones (excluding diaryl/α,β-unsaturated/α-hetero) is 1. The molecule has 1 heterocycles. The summed E-state index contributed by atoms with van der Waals surface area (Å²) in [6.07, 6.45) is 8.17. The fourth-order valence-electron chi connectivity index (χ4n) is 6.22. The van der Waals surface area contributed by atoms with Gasteiger partial charge in [-0.15, -0.1) is 6.58 Å². The quantitative estimate of drug-likeness (QED) is 0.643. The predicted molar refractivity (Wildman–Crippen MR) is 89.7 cm³/mol. The highest BCUT2D eigenvalue weighted by atomic mass is 16.5. The molecule has 0 N–H and O–H groups in total. The minimum atomic E-state index is -0.186. The van der Waals surface area contributed by atoms with Gasteiger partial charge in [0.05, 0.1) is 11.2 Å². The maximum atomic E-state index is 12.5. The molecule has 5 atom stereocenters. The molecule has 0 aromatic carbocycles. The first-order valence-electron chi connectivity index (χ1n) is 8.94. The molecule has 0 bridgehead atoms. The Kier molecular flexibility index (Phi) is 3.46. The molecule has 22 heavy (non-hydrogen) atoms. The third kappa shape index (κ3) is 2.06. The van der Waals surface area contributed by atoms with Crippen molar-refractivity contribution in [2.75, 3.05) is 0 Å². The van der Waals surface area contributed by atoms with E-state index in [-0.39, 0.29) is 22.0 Å². The summed E-state index contributed by atoms with van der Waals surface area (Å²) >= 11 is 0. The summed E-state index contributed by atoms with van der Waals surface area (Å²) in [5, 5.41) is 0. The number of rotatable bonds is 1. The van der Waals surface area contributed by atoms with Crippen LogP contribution in [0.5, 0.6) is 0 Å². The third-order valence-electron chi connectivity index (χ3n) is 7.57. The van der Waals surface area contributed by atoms with E-state index in [1.807, 2.05) is 6.08 Å². The molecule has 0 unspecified atom stereocenters. The van der Waals surface area contributed by atoms with E-state index in [0.29, 0.717) is 17.6 Å². The largest absolute Gasteiger partial charge is 0.365 e. The number of carbonyl (C=O) groups is 1. The van der Waals surface area contributed by atoms with Gasteiger partial charge in [0.25, 0.3) is 0 Å².